The minimum Gasteiger partial charge on any atom is -0.438 e. The van der Waals surface area contributed by atoms with Gasteiger partial charge in [0.05, 0.1) is 6.20 Å². The summed E-state index contributed by atoms with van der Waals surface area (Å²) in [6.45, 7) is 7.79. The van der Waals surface area contributed by atoms with Crippen molar-refractivity contribution in [3.8, 4) is 22.8 Å². The van der Waals surface area contributed by atoms with E-state index < -0.39 is 5.82 Å². The molecule has 218 valence electrons. The standard InChI is InChI=1S/C33H42FN5O2/c1-22-20-39(21-23(2)37-22)15-5-7-24-6-3-8-25(16-24)26-9-4-10-30(17-26)41-33-31(18-27(34)19-36-33)32(40)38-29-13-11-28(35)12-14-29/h3-4,6,8-10,16-19,22-23,28-29,37H,5,7,11-15,20-21,35H2,1-2H3,(H,38,40)/t22-,23+,28-,29-. The number of nitrogens with one attached hydrogen (secondary N) is 2. The van der Waals surface area contributed by atoms with Gasteiger partial charge >= 0.3 is 0 Å². The maximum atomic E-state index is 14.1. The van der Waals surface area contributed by atoms with Crippen molar-refractivity contribution in [2.75, 3.05) is 19.6 Å². The van der Waals surface area contributed by atoms with Crippen molar-refractivity contribution in [2.24, 2.45) is 5.73 Å². The fourth-order valence-corrected chi connectivity index (χ4v) is 6.08. The van der Waals surface area contributed by atoms with Crippen molar-refractivity contribution in [2.45, 2.75) is 76.5 Å². The molecule has 1 amide bonds. The second kappa shape index (κ2) is 13.6. The van der Waals surface area contributed by atoms with E-state index in [-0.39, 0.29) is 29.4 Å². The monoisotopic (exact) mass is 559 g/mol. The molecule has 1 saturated heterocycles. The van der Waals surface area contributed by atoms with E-state index in [4.69, 9.17) is 10.5 Å². The van der Waals surface area contributed by atoms with Gasteiger partial charge in [-0.3, -0.25) is 4.79 Å². The zero-order valence-electron chi connectivity index (χ0n) is 24.1. The highest BCUT2D eigenvalue weighted by molar-refractivity contribution is 5.96. The average molecular weight is 560 g/mol. The van der Waals surface area contributed by atoms with E-state index in [9.17, 15) is 9.18 Å². The van der Waals surface area contributed by atoms with Crippen molar-refractivity contribution in [3.63, 3.8) is 0 Å². The van der Waals surface area contributed by atoms with Crippen molar-refractivity contribution in [1.82, 2.24) is 20.5 Å². The Kier molecular flexibility index (Phi) is 9.64. The molecule has 1 aliphatic heterocycles. The molecule has 0 unspecified atom stereocenters. The van der Waals surface area contributed by atoms with Crippen LogP contribution in [0.3, 0.4) is 0 Å². The van der Waals surface area contributed by atoms with E-state index in [1.807, 2.05) is 24.3 Å². The van der Waals surface area contributed by atoms with Gasteiger partial charge in [-0.1, -0.05) is 36.4 Å². The second-order valence-corrected chi connectivity index (χ2v) is 11.8. The number of piperazine rings is 1. The molecular formula is C33H42FN5O2. The highest BCUT2D eigenvalue weighted by atomic mass is 19.1. The molecule has 1 saturated carbocycles. The number of halogens is 1. The lowest BCUT2D eigenvalue weighted by Gasteiger charge is -2.36. The molecule has 2 aromatic carbocycles. The maximum absolute atomic E-state index is 14.1. The van der Waals surface area contributed by atoms with Crippen molar-refractivity contribution in [3.05, 3.63) is 77.7 Å². The SMILES string of the molecule is C[C@@H]1CN(CCCc2cccc(-c3cccc(Oc4ncc(F)cc4C(=O)N[C@H]4CC[C@H](N)CC4)c3)c2)C[C@H](C)N1. The van der Waals surface area contributed by atoms with Crippen LogP contribution >= 0.6 is 0 Å². The second-order valence-electron chi connectivity index (χ2n) is 11.8. The number of hydrogen-bond donors (Lipinski definition) is 3. The van der Waals surface area contributed by atoms with Gasteiger partial charge in [0, 0.05) is 37.3 Å². The quantitative estimate of drug-likeness (QED) is 0.330. The van der Waals surface area contributed by atoms with Crippen LogP contribution in [0.15, 0.2) is 60.8 Å². The first-order chi connectivity index (χ1) is 19.8. The van der Waals surface area contributed by atoms with E-state index in [0.29, 0.717) is 17.8 Å². The molecule has 1 aliphatic carbocycles. The molecule has 0 spiro atoms. The topological polar surface area (TPSA) is 92.5 Å². The average Bonchev–Trinajstić information content (AvgIpc) is 2.95. The lowest BCUT2D eigenvalue weighted by atomic mass is 9.91. The van der Waals surface area contributed by atoms with E-state index in [0.717, 1.165) is 75.5 Å². The van der Waals surface area contributed by atoms with Gasteiger partial charge in [0.2, 0.25) is 5.88 Å². The van der Waals surface area contributed by atoms with E-state index >= 15 is 0 Å². The summed E-state index contributed by atoms with van der Waals surface area (Å²) in [5, 5.41) is 6.60. The molecule has 0 radical (unpaired) electrons. The van der Waals surface area contributed by atoms with Crippen LogP contribution in [-0.4, -0.2) is 59.6 Å². The zero-order valence-corrected chi connectivity index (χ0v) is 24.1. The summed E-state index contributed by atoms with van der Waals surface area (Å²) in [6.07, 6.45) is 6.53. The first-order valence-electron chi connectivity index (χ1n) is 14.9. The van der Waals surface area contributed by atoms with Crippen LogP contribution in [0, 0.1) is 5.82 Å². The highest BCUT2D eigenvalue weighted by Gasteiger charge is 2.24. The number of nitrogens with two attached hydrogens (primary N) is 1. The third kappa shape index (κ3) is 8.12. The number of carbonyl (C=O) groups is 1. The lowest BCUT2D eigenvalue weighted by molar-refractivity contribution is 0.0922. The molecule has 41 heavy (non-hydrogen) atoms. The molecule has 0 bridgehead atoms. The minimum absolute atomic E-state index is 0.0120. The molecule has 4 N–H and O–H groups in total. The first-order valence-corrected chi connectivity index (χ1v) is 14.9. The fraction of sp³-hybridized carbons (Fsp3) is 0.455. The van der Waals surface area contributed by atoms with Crippen LogP contribution in [-0.2, 0) is 6.42 Å². The Balaban J connectivity index is 1.24. The number of aryl methyl sites for hydroxylation is 1. The largest absolute Gasteiger partial charge is 0.438 e. The van der Waals surface area contributed by atoms with Crippen LogP contribution in [0.2, 0.25) is 0 Å². The summed E-state index contributed by atoms with van der Waals surface area (Å²) in [5.74, 6) is -0.355. The minimum atomic E-state index is -0.584. The van der Waals surface area contributed by atoms with Gasteiger partial charge < -0.3 is 26.0 Å². The normalized spacial score (nSPS) is 23.2. The molecule has 2 fully saturated rings. The van der Waals surface area contributed by atoms with Gasteiger partial charge in [-0.05, 0) is 93.8 Å². The third-order valence-electron chi connectivity index (χ3n) is 8.05. The van der Waals surface area contributed by atoms with Crippen LogP contribution in [0.1, 0.15) is 61.9 Å². The van der Waals surface area contributed by atoms with Crippen molar-refractivity contribution >= 4 is 5.91 Å². The van der Waals surface area contributed by atoms with E-state index in [1.54, 1.807) is 0 Å². The van der Waals surface area contributed by atoms with Gasteiger partial charge in [0.25, 0.3) is 5.91 Å². The molecule has 2 heterocycles. The molecule has 7 nitrogen and oxygen atoms in total. The van der Waals surface area contributed by atoms with Gasteiger partial charge in [0.15, 0.2) is 0 Å². The van der Waals surface area contributed by atoms with Crippen LogP contribution < -0.4 is 21.1 Å². The van der Waals surface area contributed by atoms with Crippen molar-refractivity contribution < 1.29 is 13.9 Å². The van der Waals surface area contributed by atoms with Gasteiger partial charge in [0.1, 0.15) is 17.1 Å². The molecule has 8 heteroatoms. The van der Waals surface area contributed by atoms with E-state index in [2.05, 4.69) is 58.6 Å². The molecule has 1 aromatic heterocycles. The number of aromatic nitrogens is 1. The predicted octanol–water partition coefficient (Wildman–Crippen LogP) is 5.29. The maximum Gasteiger partial charge on any atom is 0.257 e. The Hall–Kier alpha value is -3.33. The Morgan fingerprint density at radius 2 is 1.76 bits per heavy atom. The number of carbonyl (C=O) groups excluding carboxylic acids is 1. The number of rotatable bonds is 9. The van der Waals surface area contributed by atoms with Crippen LogP contribution in [0.25, 0.3) is 11.1 Å². The summed E-state index contributed by atoms with van der Waals surface area (Å²) in [6, 6.07) is 18.7. The Labute approximate surface area is 242 Å². The van der Waals surface area contributed by atoms with Crippen molar-refractivity contribution in [1.29, 1.82) is 0 Å². The zero-order chi connectivity index (χ0) is 28.8. The number of hydrogen-bond acceptors (Lipinski definition) is 6. The Morgan fingerprint density at radius 3 is 2.51 bits per heavy atom. The summed E-state index contributed by atoms with van der Waals surface area (Å²) >= 11 is 0. The molecular weight excluding hydrogens is 517 g/mol. The number of benzene rings is 2. The number of nitrogens with zero attached hydrogens (tertiary/aromatic N) is 2. The Bertz CT molecular complexity index is 1320. The van der Waals surface area contributed by atoms with Crippen LogP contribution in [0.4, 0.5) is 4.39 Å². The summed E-state index contributed by atoms with van der Waals surface area (Å²) < 4.78 is 20.2. The number of amides is 1. The third-order valence-corrected chi connectivity index (χ3v) is 8.05. The number of pyridine rings is 1. The van der Waals surface area contributed by atoms with Gasteiger partial charge in [-0.2, -0.15) is 0 Å². The number of ether oxygens (including phenoxy) is 1. The lowest BCUT2D eigenvalue weighted by Crippen LogP contribution is -2.54. The smallest absolute Gasteiger partial charge is 0.257 e. The molecule has 2 atom stereocenters. The first kappa shape index (κ1) is 29.2. The van der Waals surface area contributed by atoms with Crippen LogP contribution in [0.5, 0.6) is 11.6 Å². The van der Waals surface area contributed by atoms with E-state index in [1.165, 1.54) is 11.6 Å². The summed E-state index contributed by atoms with van der Waals surface area (Å²) in [5.41, 5.74) is 9.47. The molecule has 3 aromatic rings. The van der Waals surface area contributed by atoms with Gasteiger partial charge in [-0.25, -0.2) is 9.37 Å². The molecule has 5 rings (SSSR count). The Morgan fingerprint density at radius 1 is 1.05 bits per heavy atom. The molecule has 2 aliphatic rings. The predicted molar refractivity (Wildman–Crippen MR) is 161 cm³/mol. The summed E-state index contributed by atoms with van der Waals surface area (Å²) in [4.78, 5) is 19.7. The fourth-order valence-electron chi connectivity index (χ4n) is 6.08. The summed E-state index contributed by atoms with van der Waals surface area (Å²) in [7, 11) is 0. The highest BCUT2D eigenvalue weighted by Crippen LogP contribution is 2.29. The van der Waals surface area contributed by atoms with Gasteiger partial charge in [-0.15, -0.1) is 0 Å².